The van der Waals surface area contributed by atoms with Crippen LogP contribution in [0.15, 0.2) is 170 Å². The van der Waals surface area contributed by atoms with Gasteiger partial charge >= 0.3 is 41.9 Å². The van der Waals surface area contributed by atoms with Gasteiger partial charge in [0.05, 0.1) is 0 Å². The fourth-order valence-electron chi connectivity index (χ4n) is 8.25. The van der Waals surface area contributed by atoms with Crippen molar-refractivity contribution in [3.8, 4) is 22.3 Å². The minimum Gasteiger partial charge on any atom is -1.00 e. The molecule has 0 N–H and O–H groups in total. The number of aryl methyl sites for hydroxylation is 2. The van der Waals surface area contributed by atoms with Crippen molar-refractivity contribution in [3.63, 3.8) is 0 Å². The molecular formula is C53H46Cl2SiZr-2. The molecule has 0 bridgehead atoms. The molecule has 10 aromatic carbocycles. The Balaban J connectivity index is 0.000000171. The number of hydrogen-bond acceptors (Lipinski definition) is 0. The Bertz CT molecular complexity index is 2980. The summed E-state index contributed by atoms with van der Waals surface area (Å²) in [7, 11) is 0. The maximum absolute atomic E-state index is 2.39. The molecule has 0 aliphatic carbocycles. The van der Waals surface area contributed by atoms with Crippen molar-refractivity contribution in [2.45, 2.75) is 46.2 Å². The van der Waals surface area contributed by atoms with Crippen molar-refractivity contribution >= 4 is 70.1 Å². The monoisotopic (exact) mass is 870 g/mol. The molecule has 0 aromatic heterocycles. The van der Waals surface area contributed by atoms with Crippen molar-refractivity contribution in [1.29, 1.82) is 0 Å². The summed E-state index contributed by atoms with van der Waals surface area (Å²) >= 11 is 1.74. The van der Waals surface area contributed by atoms with Crippen LogP contribution in [0.5, 0.6) is 0 Å². The van der Waals surface area contributed by atoms with Crippen LogP contribution in [0.25, 0.3) is 86.9 Å². The first-order valence-electron chi connectivity index (χ1n) is 19.6. The van der Waals surface area contributed by atoms with Crippen molar-refractivity contribution in [3.05, 3.63) is 181 Å². The van der Waals surface area contributed by atoms with E-state index in [1.807, 2.05) is 0 Å². The molecule has 0 fully saturated rings. The molecule has 0 nitrogen and oxygen atoms in total. The van der Waals surface area contributed by atoms with E-state index in [1.54, 1.807) is 23.3 Å². The van der Waals surface area contributed by atoms with Crippen molar-refractivity contribution in [1.82, 2.24) is 0 Å². The number of fused-ring (bicyclic) bond motifs is 8. The third-order valence-electron chi connectivity index (χ3n) is 10.7. The van der Waals surface area contributed by atoms with Gasteiger partial charge in [-0.25, -0.2) is 0 Å². The summed E-state index contributed by atoms with van der Waals surface area (Å²) in [6.07, 6.45) is 3.41. The Morgan fingerprint density at radius 2 is 0.807 bits per heavy atom. The van der Waals surface area contributed by atoms with Gasteiger partial charge in [-0.15, -0.1) is 69.1 Å². The first-order chi connectivity index (χ1) is 26.9. The molecule has 0 unspecified atom stereocenters. The Morgan fingerprint density at radius 3 is 1.25 bits per heavy atom. The molecule has 0 atom stereocenters. The van der Waals surface area contributed by atoms with Crippen LogP contribution in [0.2, 0.25) is 13.1 Å². The van der Waals surface area contributed by atoms with Gasteiger partial charge in [0.1, 0.15) is 0 Å². The smallest absolute Gasteiger partial charge is 1.00 e. The van der Waals surface area contributed by atoms with E-state index in [2.05, 4.69) is 197 Å². The van der Waals surface area contributed by atoms with Crippen LogP contribution in [0.3, 0.4) is 0 Å². The molecule has 57 heavy (non-hydrogen) atoms. The van der Waals surface area contributed by atoms with E-state index in [1.165, 1.54) is 104 Å². The van der Waals surface area contributed by atoms with E-state index < -0.39 is 0 Å². The molecule has 4 heteroatoms. The summed E-state index contributed by atoms with van der Waals surface area (Å²) in [6, 6.07) is 62.4. The molecule has 0 spiro atoms. The van der Waals surface area contributed by atoms with Crippen LogP contribution in [0.4, 0.5) is 0 Å². The van der Waals surface area contributed by atoms with E-state index in [4.69, 9.17) is 0 Å². The van der Waals surface area contributed by atoms with Gasteiger partial charge in [-0.1, -0.05) is 141 Å². The van der Waals surface area contributed by atoms with E-state index >= 15 is 0 Å². The van der Waals surface area contributed by atoms with Crippen molar-refractivity contribution in [2.24, 2.45) is 0 Å². The van der Waals surface area contributed by atoms with Gasteiger partial charge in [0.2, 0.25) is 0 Å². The van der Waals surface area contributed by atoms with E-state index in [9.17, 15) is 0 Å². The first-order valence-corrected chi connectivity index (χ1v) is 25.8. The quantitative estimate of drug-likeness (QED) is 0.0920. The summed E-state index contributed by atoms with van der Waals surface area (Å²) in [5.41, 5.74) is 8.40. The van der Waals surface area contributed by atoms with Gasteiger partial charge in [0.15, 0.2) is 0 Å². The molecule has 10 rings (SSSR count). The summed E-state index contributed by atoms with van der Waals surface area (Å²) in [4.78, 5) is 0. The molecule has 0 saturated carbocycles. The predicted molar refractivity (Wildman–Crippen MR) is 241 cm³/mol. The normalized spacial score (nSPS) is 10.8. The summed E-state index contributed by atoms with van der Waals surface area (Å²) < 4.78 is 0. The standard InChI is InChI=1S/C26H21.C25H19.C2H6Si.2ClH.Zr/c1-2-8-18-15-19-10-7-14-24(25(19)16-18)26-17-20-9-3-4-11-21(20)22-12-5-6-13-23(22)26;1-2-17-14-18-9-7-13-23(24(18)15-17)25-16-19-8-3-4-10-20(19)21-11-5-6-12-22(21)25;1-3-2;;;/h3-7,9-17H,2,8H2,1H3;3-16H,2H2,1H3;1-2H3;2*1H;/q2*-1;;;;+2/p-2. The van der Waals surface area contributed by atoms with Crippen LogP contribution < -0.4 is 24.8 Å². The molecule has 0 radical (unpaired) electrons. The maximum atomic E-state index is 2.39. The number of hydrogen-bond donors (Lipinski definition) is 0. The Kier molecular flexibility index (Phi) is 14.1. The fraction of sp³-hybridized carbons (Fsp3) is 0.132. The fourth-order valence-corrected chi connectivity index (χ4v) is 8.25. The van der Waals surface area contributed by atoms with E-state index in [0.717, 1.165) is 12.8 Å². The topological polar surface area (TPSA) is 0 Å². The average molecular weight is 873 g/mol. The Labute approximate surface area is 364 Å². The Hall–Kier alpha value is -4.30. The van der Waals surface area contributed by atoms with E-state index in [-0.39, 0.29) is 30.2 Å². The van der Waals surface area contributed by atoms with Gasteiger partial charge < -0.3 is 24.8 Å². The molecule has 282 valence electrons. The SMILES string of the molecule is CCCc1cc2c(-c3cc4ccccc4c4ccccc34)cccc2[cH-]1.CCc1cc2c(-c3cc4ccccc4c4ccccc34)cccc2[cH-]1.C[Si](C)=[Zr+2].[Cl-].[Cl-]. The minimum atomic E-state index is 0. The molecule has 0 heterocycles. The zero-order chi connectivity index (χ0) is 37.9. The summed E-state index contributed by atoms with van der Waals surface area (Å²) in [5.74, 6) is 0. The molecule has 0 aliphatic rings. The first kappa shape index (κ1) is 42.3. The zero-order valence-corrected chi connectivity index (χ0v) is 38.0. The second kappa shape index (κ2) is 19.0. The van der Waals surface area contributed by atoms with Crippen molar-refractivity contribution < 1.29 is 48.1 Å². The second-order valence-corrected chi connectivity index (χ2v) is 24.2. The molecule has 0 amide bonds. The van der Waals surface area contributed by atoms with Crippen LogP contribution in [-0.4, -0.2) is 5.43 Å². The molecule has 0 saturated heterocycles. The molecule has 10 aromatic rings. The van der Waals surface area contributed by atoms with Crippen LogP contribution in [0, 0.1) is 0 Å². The summed E-state index contributed by atoms with van der Waals surface area (Å²) in [6.45, 7) is 9.08. The second-order valence-electron chi connectivity index (χ2n) is 14.8. The third-order valence-corrected chi connectivity index (χ3v) is 10.7. The van der Waals surface area contributed by atoms with Crippen LogP contribution in [-0.2, 0) is 36.2 Å². The number of benzene rings is 8. The van der Waals surface area contributed by atoms with Gasteiger partial charge in [-0.3, -0.25) is 0 Å². The Morgan fingerprint density at radius 1 is 0.421 bits per heavy atom. The number of halogens is 2. The van der Waals surface area contributed by atoms with Gasteiger partial charge in [0, 0.05) is 0 Å². The minimum absolute atomic E-state index is 0. The summed E-state index contributed by atoms with van der Waals surface area (Å²) in [5, 5.41) is 16.0. The average Bonchev–Trinajstić information content (AvgIpc) is 3.85. The van der Waals surface area contributed by atoms with Gasteiger partial charge in [-0.05, 0) is 79.2 Å². The zero-order valence-electron chi connectivity index (χ0n) is 33.0. The van der Waals surface area contributed by atoms with Crippen LogP contribution in [0.1, 0.15) is 31.4 Å². The van der Waals surface area contributed by atoms with Gasteiger partial charge in [-0.2, -0.15) is 12.1 Å². The van der Waals surface area contributed by atoms with Gasteiger partial charge in [0.25, 0.3) is 0 Å². The third kappa shape index (κ3) is 8.77. The maximum Gasteiger partial charge on any atom is -1.00 e. The molecular weight excluding hydrogens is 827 g/mol. The van der Waals surface area contributed by atoms with Crippen molar-refractivity contribution in [2.75, 3.05) is 0 Å². The number of rotatable bonds is 5. The largest absolute Gasteiger partial charge is 1.00 e. The van der Waals surface area contributed by atoms with Crippen LogP contribution >= 0.6 is 0 Å². The predicted octanol–water partition coefficient (Wildman–Crippen LogP) is 9.37. The molecule has 0 aliphatic heterocycles. The van der Waals surface area contributed by atoms with E-state index in [0.29, 0.717) is 0 Å².